The molecular weight excluding hydrogens is 398 g/mol. The summed E-state index contributed by atoms with van der Waals surface area (Å²) < 4.78 is 29.8. The Balaban J connectivity index is 1.87. The number of hydrogen-bond donors (Lipinski definition) is 2. The van der Waals surface area contributed by atoms with E-state index in [1.54, 1.807) is 38.5 Å². The van der Waals surface area contributed by atoms with Crippen LogP contribution in [0.15, 0.2) is 41.6 Å². The molecule has 2 amide bonds. The highest BCUT2D eigenvalue weighted by Gasteiger charge is 2.21. The second kappa shape index (κ2) is 9.52. The third-order valence-corrected chi connectivity index (χ3v) is 5.24. The molecule has 1 aromatic heterocycles. The molecule has 2 aromatic rings. The van der Waals surface area contributed by atoms with Crippen molar-refractivity contribution in [1.82, 2.24) is 20.0 Å². The molecule has 0 radical (unpaired) electrons. The number of carbonyl (C=O) groups excluding carboxylic acids is 2. The van der Waals surface area contributed by atoms with Crippen molar-refractivity contribution < 1.29 is 22.7 Å². The largest absolute Gasteiger partial charge is 0.495 e. The van der Waals surface area contributed by atoms with E-state index in [-0.39, 0.29) is 35.5 Å². The lowest BCUT2D eigenvalue weighted by Crippen LogP contribution is -2.41. The fraction of sp³-hybridized carbons (Fsp3) is 0.389. The highest BCUT2D eigenvalue weighted by Crippen LogP contribution is 2.23. The van der Waals surface area contributed by atoms with Crippen LogP contribution in [0.1, 0.15) is 18.5 Å². The van der Waals surface area contributed by atoms with Gasteiger partial charge in [0.15, 0.2) is 0 Å². The molecule has 1 aromatic carbocycles. The first-order valence-corrected chi connectivity index (χ1v) is 10.4. The molecule has 0 bridgehead atoms. The summed E-state index contributed by atoms with van der Waals surface area (Å²) >= 11 is 0. The van der Waals surface area contributed by atoms with Gasteiger partial charge in [-0.25, -0.2) is 13.6 Å². The van der Waals surface area contributed by atoms with Gasteiger partial charge in [0.05, 0.1) is 13.7 Å². The monoisotopic (exact) mass is 423 g/mol. The lowest BCUT2D eigenvalue weighted by Gasteiger charge is -2.21. The zero-order chi connectivity index (χ0) is 21.6. The number of aromatic nitrogens is 2. The highest BCUT2D eigenvalue weighted by atomic mass is 32.2. The number of hydrogen-bond acceptors (Lipinski definition) is 6. The van der Waals surface area contributed by atoms with Crippen molar-refractivity contribution in [3.63, 3.8) is 0 Å². The Hall–Kier alpha value is -2.92. The average molecular weight is 423 g/mol. The summed E-state index contributed by atoms with van der Waals surface area (Å²) in [5.74, 6) is -0.405. The van der Waals surface area contributed by atoms with E-state index >= 15 is 0 Å². The molecule has 0 aliphatic carbocycles. The van der Waals surface area contributed by atoms with Gasteiger partial charge in [-0.3, -0.25) is 14.3 Å². The van der Waals surface area contributed by atoms with Crippen LogP contribution in [0.4, 0.5) is 0 Å². The molecule has 1 unspecified atom stereocenters. The van der Waals surface area contributed by atoms with Gasteiger partial charge in [-0.15, -0.1) is 0 Å². The number of carbonyl (C=O) groups is 2. The molecule has 0 fully saturated rings. The number of nitrogens with zero attached hydrogens (tertiary/aromatic N) is 3. The Morgan fingerprint density at radius 1 is 1.38 bits per heavy atom. The molecule has 0 spiro atoms. The second-order valence-corrected chi connectivity index (χ2v) is 8.02. The molecule has 2 rings (SSSR count). The second-order valence-electron chi connectivity index (χ2n) is 6.49. The van der Waals surface area contributed by atoms with E-state index in [4.69, 9.17) is 9.88 Å². The Bertz CT molecular complexity index is 959. The number of benzene rings is 1. The maximum Gasteiger partial charge on any atom is 0.247 e. The molecule has 0 aliphatic heterocycles. The highest BCUT2D eigenvalue weighted by molar-refractivity contribution is 7.89. The van der Waals surface area contributed by atoms with Gasteiger partial charge in [-0.05, 0) is 37.1 Å². The van der Waals surface area contributed by atoms with E-state index in [1.807, 2.05) is 0 Å². The zero-order valence-electron chi connectivity index (χ0n) is 16.5. The molecule has 1 heterocycles. The van der Waals surface area contributed by atoms with E-state index in [0.717, 1.165) is 0 Å². The van der Waals surface area contributed by atoms with Crippen LogP contribution in [0, 0.1) is 0 Å². The van der Waals surface area contributed by atoms with E-state index in [0.29, 0.717) is 12.0 Å². The first kappa shape index (κ1) is 22.4. The summed E-state index contributed by atoms with van der Waals surface area (Å²) in [5, 5.41) is 11.9. The Labute approximate surface area is 169 Å². The van der Waals surface area contributed by atoms with Crippen molar-refractivity contribution in [2.45, 2.75) is 24.3 Å². The molecule has 0 saturated carbocycles. The lowest BCUT2D eigenvalue weighted by molar-refractivity contribution is -0.137. The number of likely N-dealkylation sites (N-methyl/N-ethyl adjacent to an activating group) is 1. The summed E-state index contributed by atoms with van der Waals surface area (Å²) in [6.45, 7) is 1.87. The topological polar surface area (TPSA) is 137 Å². The number of nitrogens with one attached hydrogen (secondary N) is 1. The predicted molar refractivity (Wildman–Crippen MR) is 106 cm³/mol. The first-order valence-electron chi connectivity index (χ1n) is 8.84. The van der Waals surface area contributed by atoms with E-state index in [2.05, 4.69) is 10.4 Å². The van der Waals surface area contributed by atoms with Crippen LogP contribution in [-0.4, -0.2) is 62.2 Å². The summed E-state index contributed by atoms with van der Waals surface area (Å²) in [6, 6.07) is 5.83. The van der Waals surface area contributed by atoms with Crippen LogP contribution < -0.4 is 15.2 Å². The van der Waals surface area contributed by atoms with Crippen LogP contribution >= 0.6 is 0 Å². The number of nitrogens with two attached hydrogens (primary N) is 1. The van der Waals surface area contributed by atoms with Gasteiger partial charge in [0.1, 0.15) is 16.7 Å². The minimum absolute atomic E-state index is 0.102. The maximum absolute atomic E-state index is 12.4. The summed E-state index contributed by atoms with van der Waals surface area (Å²) in [6.07, 6.45) is 3.65. The molecule has 0 saturated heterocycles. The molecule has 158 valence electrons. The minimum Gasteiger partial charge on any atom is -0.495 e. The molecule has 10 nitrogen and oxygen atoms in total. The molecule has 11 heteroatoms. The molecule has 3 N–H and O–H groups in total. The standard InChI is InChI=1S/C18H25N5O5S/c1-13(23-10-4-8-21-23)18(25)22(2)12-17(24)20-9-7-14-5-6-15(28-3)16(11-14)29(19,26)27/h4-6,8,10-11,13H,7,9,12H2,1-3H3,(H,20,24)(H2,19,26,27). The van der Waals surface area contributed by atoms with Crippen molar-refractivity contribution in [2.24, 2.45) is 5.14 Å². The number of rotatable bonds is 9. The maximum atomic E-state index is 12.4. The van der Waals surface area contributed by atoms with Crippen molar-refractivity contribution in [1.29, 1.82) is 0 Å². The van der Waals surface area contributed by atoms with Crippen LogP contribution in [0.5, 0.6) is 5.75 Å². The average Bonchev–Trinajstić information content (AvgIpc) is 3.20. The van der Waals surface area contributed by atoms with Crippen LogP contribution in [0.25, 0.3) is 0 Å². The summed E-state index contributed by atoms with van der Waals surface area (Å²) in [7, 11) is -1.02. The van der Waals surface area contributed by atoms with E-state index in [1.165, 1.54) is 28.8 Å². The Morgan fingerprint density at radius 2 is 2.10 bits per heavy atom. The van der Waals surface area contributed by atoms with Gasteiger partial charge in [0.2, 0.25) is 21.8 Å². The van der Waals surface area contributed by atoms with Crippen LogP contribution in [0.2, 0.25) is 0 Å². The number of primary sulfonamides is 1. The lowest BCUT2D eigenvalue weighted by atomic mass is 10.1. The van der Waals surface area contributed by atoms with Gasteiger partial charge >= 0.3 is 0 Å². The normalized spacial score (nSPS) is 12.3. The third-order valence-electron chi connectivity index (χ3n) is 4.31. The van der Waals surface area contributed by atoms with Crippen LogP contribution in [-0.2, 0) is 26.0 Å². The van der Waals surface area contributed by atoms with E-state index in [9.17, 15) is 18.0 Å². The SMILES string of the molecule is COc1ccc(CCNC(=O)CN(C)C(=O)C(C)n2cccn2)cc1S(N)(=O)=O. The van der Waals surface area contributed by atoms with Crippen molar-refractivity contribution >= 4 is 21.8 Å². The van der Waals surface area contributed by atoms with Gasteiger partial charge < -0.3 is 15.0 Å². The minimum atomic E-state index is -3.93. The van der Waals surface area contributed by atoms with E-state index < -0.39 is 16.1 Å². The van der Waals surface area contributed by atoms with Crippen LogP contribution in [0.3, 0.4) is 0 Å². The smallest absolute Gasteiger partial charge is 0.247 e. The summed E-state index contributed by atoms with van der Waals surface area (Å²) in [4.78, 5) is 25.7. The number of methoxy groups -OCH3 is 1. The van der Waals surface area contributed by atoms with Gasteiger partial charge in [0, 0.05) is 26.0 Å². The molecule has 1 atom stereocenters. The fourth-order valence-corrected chi connectivity index (χ4v) is 3.48. The number of ether oxygens (including phenoxy) is 1. The Morgan fingerprint density at radius 3 is 2.69 bits per heavy atom. The Kier molecular flexibility index (Phi) is 7.35. The number of amides is 2. The quantitative estimate of drug-likeness (QED) is 0.579. The predicted octanol–water partition coefficient (Wildman–Crippen LogP) is -0.0826. The molecular formula is C18H25N5O5S. The molecule has 29 heavy (non-hydrogen) atoms. The third kappa shape index (κ3) is 6.03. The van der Waals surface area contributed by atoms with Gasteiger partial charge in [-0.2, -0.15) is 5.10 Å². The first-order chi connectivity index (χ1) is 13.6. The fourth-order valence-electron chi connectivity index (χ4n) is 2.74. The molecule has 0 aliphatic rings. The zero-order valence-corrected chi connectivity index (χ0v) is 17.3. The number of sulfonamides is 1. The van der Waals surface area contributed by atoms with Crippen molar-refractivity contribution in [3.8, 4) is 5.75 Å². The van der Waals surface area contributed by atoms with Gasteiger partial charge in [0.25, 0.3) is 0 Å². The van der Waals surface area contributed by atoms with Crippen molar-refractivity contribution in [2.75, 3.05) is 27.2 Å². The van der Waals surface area contributed by atoms with Gasteiger partial charge in [-0.1, -0.05) is 6.07 Å². The summed E-state index contributed by atoms with van der Waals surface area (Å²) in [5.41, 5.74) is 0.673. The van der Waals surface area contributed by atoms with Crippen molar-refractivity contribution in [3.05, 3.63) is 42.2 Å².